The third kappa shape index (κ3) is 5.14. The molecule has 1 aliphatic carbocycles. The van der Waals surface area contributed by atoms with Crippen molar-refractivity contribution in [1.82, 2.24) is 19.5 Å². The van der Waals surface area contributed by atoms with E-state index in [0.717, 1.165) is 77.1 Å². The first-order valence-electron chi connectivity index (χ1n) is 20.1. The quantitative estimate of drug-likeness (QED) is 0.175. The van der Waals surface area contributed by atoms with E-state index in [2.05, 4.69) is 176 Å². The lowest BCUT2D eigenvalue weighted by molar-refractivity contribution is 0.661. The van der Waals surface area contributed by atoms with Gasteiger partial charge in [-0.1, -0.05) is 147 Å². The van der Waals surface area contributed by atoms with E-state index in [1.54, 1.807) is 0 Å². The Kier molecular flexibility index (Phi) is 7.20. The Morgan fingerprint density at radius 1 is 0.407 bits per heavy atom. The van der Waals surface area contributed by atoms with Gasteiger partial charge in [-0.2, -0.15) is 9.97 Å². The van der Waals surface area contributed by atoms with Gasteiger partial charge in [0.1, 0.15) is 11.2 Å². The lowest BCUT2D eigenvalue weighted by Gasteiger charge is -2.21. The van der Waals surface area contributed by atoms with Crippen LogP contribution in [0.2, 0.25) is 0 Å². The van der Waals surface area contributed by atoms with Crippen molar-refractivity contribution in [2.24, 2.45) is 0 Å². The second-order valence-corrected chi connectivity index (χ2v) is 16.0. The number of hydrogen-bond acceptors (Lipinski definition) is 4. The second kappa shape index (κ2) is 12.7. The van der Waals surface area contributed by atoms with Gasteiger partial charge in [0.2, 0.25) is 5.95 Å². The molecule has 3 heterocycles. The van der Waals surface area contributed by atoms with E-state index in [1.165, 1.54) is 22.3 Å². The van der Waals surface area contributed by atoms with E-state index < -0.39 is 0 Å². The van der Waals surface area contributed by atoms with Gasteiger partial charge in [-0.25, -0.2) is 4.98 Å². The van der Waals surface area contributed by atoms with Gasteiger partial charge >= 0.3 is 0 Å². The number of furan rings is 1. The van der Waals surface area contributed by atoms with Crippen LogP contribution in [0, 0.1) is 0 Å². The minimum absolute atomic E-state index is 0.180. The predicted molar refractivity (Wildman–Crippen MR) is 241 cm³/mol. The lowest BCUT2D eigenvalue weighted by atomic mass is 9.82. The molecule has 0 saturated carbocycles. The number of benzene rings is 8. The van der Waals surface area contributed by atoms with Crippen molar-refractivity contribution < 1.29 is 4.42 Å². The van der Waals surface area contributed by atoms with E-state index in [9.17, 15) is 0 Å². The van der Waals surface area contributed by atoms with Gasteiger partial charge in [-0.3, -0.25) is 4.57 Å². The molecule has 0 unspecified atom stereocenters. The van der Waals surface area contributed by atoms with Crippen LogP contribution in [0.5, 0.6) is 0 Å². The van der Waals surface area contributed by atoms with Crippen LogP contribution in [0.4, 0.5) is 0 Å². The van der Waals surface area contributed by atoms with Crippen molar-refractivity contribution in [3.63, 3.8) is 0 Å². The molecule has 12 rings (SSSR count). The lowest BCUT2D eigenvalue weighted by Crippen LogP contribution is -2.15. The average Bonchev–Trinajstić information content (AvgIpc) is 3.91. The summed E-state index contributed by atoms with van der Waals surface area (Å²) < 4.78 is 8.63. The highest BCUT2D eigenvalue weighted by Crippen LogP contribution is 2.51. The summed E-state index contributed by atoms with van der Waals surface area (Å²) in [5, 5.41) is 4.31. The molecule has 0 spiro atoms. The Labute approximate surface area is 340 Å². The number of hydrogen-bond donors (Lipinski definition) is 0. The predicted octanol–water partition coefficient (Wildman–Crippen LogP) is 13.8. The van der Waals surface area contributed by atoms with E-state index in [4.69, 9.17) is 19.4 Å². The Bertz CT molecular complexity index is 3410. The monoisotopic (exact) mass is 756 g/mol. The summed E-state index contributed by atoms with van der Waals surface area (Å²) in [4.78, 5) is 16.3. The fourth-order valence-electron chi connectivity index (χ4n) is 9.41. The summed E-state index contributed by atoms with van der Waals surface area (Å²) in [5.41, 5.74) is 14.9. The highest BCUT2D eigenvalue weighted by molar-refractivity contribution is 6.13. The Hall–Kier alpha value is -7.63. The number of nitrogens with zero attached hydrogens (tertiary/aromatic N) is 4. The zero-order chi connectivity index (χ0) is 39.2. The molecule has 0 N–H and O–H groups in total. The molecule has 3 aromatic heterocycles. The minimum atomic E-state index is -0.180. The van der Waals surface area contributed by atoms with Crippen LogP contribution in [0.1, 0.15) is 25.0 Å². The molecule has 5 heteroatoms. The normalized spacial score (nSPS) is 13.1. The Morgan fingerprint density at radius 2 is 1.02 bits per heavy atom. The number of fused-ring (bicyclic) bond motifs is 9. The molecule has 0 radical (unpaired) electrons. The summed E-state index contributed by atoms with van der Waals surface area (Å²) in [6.45, 7) is 4.66. The van der Waals surface area contributed by atoms with Gasteiger partial charge in [0.05, 0.1) is 11.0 Å². The first-order valence-corrected chi connectivity index (χ1v) is 20.1. The molecule has 0 aliphatic heterocycles. The molecule has 59 heavy (non-hydrogen) atoms. The molecular weight excluding hydrogens is 721 g/mol. The molecule has 0 saturated heterocycles. The van der Waals surface area contributed by atoms with Crippen molar-refractivity contribution in [3.8, 4) is 62.1 Å². The van der Waals surface area contributed by atoms with Crippen LogP contribution in [0.3, 0.4) is 0 Å². The van der Waals surface area contributed by atoms with Gasteiger partial charge in [0.15, 0.2) is 11.6 Å². The SMILES string of the molecule is CC1(C)c2ccccc2-c2cc3c4ccccc4n(-c4nc(-c5cc(-c6ccccc6)cc(-c6ccccc6)c5)nc(-c5cccc6oc7ccccc7c56)n4)c3cc21. The van der Waals surface area contributed by atoms with Crippen LogP contribution < -0.4 is 0 Å². The Morgan fingerprint density at radius 3 is 1.80 bits per heavy atom. The molecule has 11 aromatic rings. The molecule has 8 aromatic carbocycles. The van der Waals surface area contributed by atoms with Crippen molar-refractivity contribution in [2.75, 3.05) is 0 Å². The zero-order valence-corrected chi connectivity index (χ0v) is 32.5. The first kappa shape index (κ1) is 33.5. The summed E-state index contributed by atoms with van der Waals surface area (Å²) in [7, 11) is 0. The van der Waals surface area contributed by atoms with Crippen LogP contribution in [0.15, 0.2) is 186 Å². The fraction of sp³-hybridized carbons (Fsp3) is 0.0556. The number of para-hydroxylation sites is 2. The van der Waals surface area contributed by atoms with Gasteiger partial charge in [-0.05, 0) is 93.0 Å². The Balaban J connectivity index is 1.17. The topological polar surface area (TPSA) is 56.7 Å². The van der Waals surface area contributed by atoms with Gasteiger partial charge in [0.25, 0.3) is 0 Å². The van der Waals surface area contributed by atoms with Crippen LogP contribution in [-0.4, -0.2) is 19.5 Å². The maximum absolute atomic E-state index is 6.39. The van der Waals surface area contributed by atoms with Gasteiger partial charge < -0.3 is 4.42 Å². The first-order chi connectivity index (χ1) is 29.0. The van der Waals surface area contributed by atoms with E-state index in [-0.39, 0.29) is 5.41 Å². The highest BCUT2D eigenvalue weighted by atomic mass is 16.3. The largest absolute Gasteiger partial charge is 0.456 e. The third-order valence-electron chi connectivity index (χ3n) is 12.2. The third-order valence-corrected chi connectivity index (χ3v) is 12.2. The van der Waals surface area contributed by atoms with Crippen LogP contribution in [0.25, 0.3) is 106 Å². The molecular formula is C54H36N4O. The van der Waals surface area contributed by atoms with Crippen molar-refractivity contribution in [3.05, 3.63) is 193 Å². The minimum Gasteiger partial charge on any atom is -0.456 e. The summed E-state index contributed by atoms with van der Waals surface area (Å²) in [5.74, 6) is 1.72. The number of aromatic nitrogens is 4. The summed E-state index contributed by atoms with van der Waals surface area (Å²) in [6, 6.07) is 64.2. The maximum Gasteiger partial charge on any atom is 0.238 e. The van der Waals surface area contributed by atoms with E-state index >= 15 is 0 Å². The number of rotatable bonds is 5. The molecule has 1 aliphatic rings. The molecule has 5 nitrogen and oxygen atoms in total. The van der Waals surface area contributed by atoms with Gasteiger partial charge in [-0.15, -0.1) is 0 Å². The molecule has 278 valence electrons. The fourth-order valence-corrected chi connectivity index (χ4v) is 9.41. The van der Waals surface area contributed by atoms with Crippen LogP contribution >= 0.6 is 0 Å². The molecule has 0 atom stereocenters. The van der Waals surface area contributed by atoms with Crippen molar-refractivity contribution in [2.45, 2.75) is 19.3 Å². The molecule has 0 amide bonds. The summed E-state index contributed by atoms with van der Waals surface area (Å²) >= 11 is 0. The van der Waals surface area contributed by atoms with E-state index in [1.807, 2.05) is 24.3 Å². The second-order valence-electron chi connectivity index (χ2n) is 16.0. The average molecular weight is 757 g/mol. The van der Waals surface area contributed by atoms with Crippen molar-refractivity contribution in [1.29, 1.82) is 0 Å². The van der Waals surface area contributed by atoms with E-state index in [0.29, 0.717) is 17.6 Å². The van der Waals surface area contributed by atoms with Crippen LogP contribution in [-0.2, 0) is 5.41 Å². The zero-order valence-electron chi connectivity index (χ0n) is 32.5. The maximum atomic E-state index is 6.39. The standard InChI is InChI=1S/C54H36N4O/c1-54(2)44-24-12-9-20-38(44)42-31-43-39-21-10-13-25-46(39)58(47(43)32-45(42)54)53-56-51(55-52(57-53)41-23-15-27-49-50(41)40-22-11-14-26-48(40)59-49)37-29-35(33-16-5-3-6-17-33)28-36(30-37)34-18-7-4-8-19-34/h3-32H,1-2H3. The smallest absolute Gasteiger partial charge is 0.238 e. The summed E-state index contributed by atoms with van der Waals surface area (Å²) in [6.07, 6.45) is 0. The molecule has 0 bridgehead atoms. The molecule has 0 fully saturated rings. The highest BCUT2D eigenvalue weighted by Gasteiger charge is 2.36. The van der Waals surface area contributed by atoms with Crippen molar-refractivity contribution >= 4 is 43.7 Å². The van der Waals surface area contributed by atoms with Gasteiger partial charge in [0, 0.05) is 38.1 Å².